The number of para-hydroxylation sites is 1. The lowest BCUT2D eigenvalue weighted by Crippen LogP contribution is -2.26. The summed E-state index contributed by atoms with van der Waals surface area (Å²) >= 11 is 0. The van der Waals surface area contributed by atoms with Gasteiger partial charge in [-0.2, -0.15) is 0 Å². The molecule has 0 spiro atoms. The number of hydrogen-bond donors (Lipinski definition) is 1. The van der Waals surface area contributed by atoms with Crippen LogP contribution in [0.3, 0.4) is 0 Å². The molecule has 0 aliphatic heterocycles. The molecule has 1 aromatic heterocycles. The van der Waals surface area contributed by atoms with E-state index in [1.54, 1.807) is 0 Å². The molecule has 0 unspecified atom stereocenters. The highest BCUT2D eigenvalue weighted by Crippen LogP contribution is 2.23. The van der Waals surface area contributed by atoms with Gasteiger partial charge in [-0.3, -0.25) is 9.59 Å². The van der Waals surface area contributed by atoms with Crippen LogP contribution in [0.2, 0.25) is 0 Å². The summed E-state index contributed by atoms with van der Waals surface area (Å²) in [7, 11) is 0. The van der Waals surface area contributed by atoms with E-state index in [2.05, 4.69) is 0 Å². The number of benzene rings is 1. The van der Waals surface area contributed by atoms with Crippen LogP contribution >= 0.6 is 0 Å². The summed E-state index contributed by atoms with van der Waals surface area (Å²) in [4.78, 5) is 22.8. The SMILES string of the molecule is CC(C)(C)OC(=O)Cn1cc(CCC(=O)O)c2ccccc21. The van der Waals surface area contributed by atoms with Crippen molar-refractivity contribution >= 4 is 22.8 Å². The number of aliphatic carboxylic acids is 1. The molecule has 0 radical (unpaired) electrons. The van der Waals surface area contributed by atoms with Gasteiger partial charge < -0.3 is 14.4 Å². The highest BCUT2D eigenvalue weighted by Gasteiger charge is 2.18. The summed E-state index contributed by atoms with van der Waals surface area (Å²) in [5.41, 5.74) is 1.32. The first kappa shape index (κ1) is 16.1. The first-order valence-corrected chi connectivity index (χ1v) is 7.26. The van der Waals surface area contributed by atoms with Crippen LogP contribution in [-0.4, -0.2) is 27.2 Å². The fourth-order valence-electron chi connectivity index (χ4n) is 2.41. The van der Waals surface area contributed by atoms with E-state index < -0.39 is 11.6 Å². The number of hydrogen-bond acceptors (Lipinski definition) is 3. The van der Waals surface area contributed by atoms with Gasteiger partial charge in [0.2, 0.25) is 0 Å². The van der Waals surface area contributed by atoms with Gasteiger partial charge in [0, 0.05) is 23.5 Å². The number of carboxylic acid groups (broad SMARTS) is 1. The van der Waals surface area contributed by atoms with Crippen LogP contribution < -0.4 is 0 Å². The van der Waals surface area contributed by atoms with Crippen LogP contribution in [0.25, 0.3) is 10.9 Å². The summed E-state index contributed by atoms with van der Waals surface area (Å²) in [5.74, 6) is -1.14. The zero-order valence-corrected chi connectivity index (χ0v) is 13.1. The van der Waals surface area contributed by atoms with Gasteiger partial charge in [-0.05, 0) is 38.8 Å². The van der Waals surface area contributed by atoms with Crippen LogP contribution in [0.4, 0.5) is 0 Å². The third-order valence-electron chi connectivity index (χ3n) is 3.20. The van der Waals surface area contributed by atoms with E-state index in [0.29, 0.717) is 6.42 Å². The van der Waals surface area contributed by atoms with Crippen molar-refractivity contribution in [1.29, 1.82) is 0 Å². The van der Waals surface area contributed by atoms with E-state index in [4.69, 9.17) is 9.84 Å². The van der Waals surface area contributed by atoms with E-state index in [9.17, 15) is 9.59 Å². The van der Waals surface area contributed by atoms with Crippen molar-refractivity contribution in [2.24, 2.45) is 0 Å². The molecule has 5 nitrogen and oxygen atoms in total. The summed E-state index contributed by atoms with van der Waals surface area (Å²) in [6, 6.07) is 7.67. The molecular weight excluding hydrogens is 282 g/mol. The number of nitrogens with zero attached hydrogens (tertiary/aromatic N) is 1. The molecule has 1 heterocycles. The molecule has 0 saturated heterocycles. The molecule has 0 saturated carbocycles. The Hall–Kier alpha value is -2.30. The van der Waals surface area contributed by atoms with Crippen LogP contribution in [-0.2, 0) is 27.3 Å². The molecule has 2 rings (SSSR count). The molecule has 1 N–H and O–H groups in total. The minimum atomic E-state index is -0.830. The van der Waals surface area contributed by atoms with Crippen molar-refractivity contribution in [3.8, 4) is 0 Å². The fourth-order valence-corrected chi connectivity index (χ4v) is 2.41. The quantitative estimate of drug-likeness (QED) is 0.862. The summed E-state index contributed by atoms with van der Waals surface area (Å²) in [6.07, 6.45) is 2.36. The Morgan fingerprint density at radius 2 is 1.91 bits per heavy atom. The lowest BCUT2D eigenvalue weighted by atomic mass is 10.1. The number of aromatic nitrogens is 1. The summed E-state index contributed by atoms with van der Waals surface area (Å²) in [6.45, 7) is 5.61. The van der Waals surface area contributed by atoms with Gasteiger partial charge >= 0.3 is 11.9 Å². The number of rotatable bonds is 5. The molecule has 0 atom stereocenters. The van der Waals surface area contributed by atoms with Gasteiger partial charge in [-0.1, -0.05) is 18.2 Å². The minimum Gasteiger partial charge on any atom is -0.481 e. The van der Waals surface area contributed by atoms with Crippen molar-refractivity contribution in [2.45, 2.75) is 45.8 Å². The second-order valence-corrected chi connectivity index (χ2v) is 6.28. The third-order valence-corrected chi connectivity index (χ3v) is 3.20. The third kappa shape index (κ3) is 4.10. The molecule has 118 valence electrons. The zero-order chi connectivity index (χ0) is 16.3. The standard InChI is InChI=1S/C17H21NO4/c1-17(2,3)22-16(21)11-18-10-12(8-9-15(19)20)13-6-4-5-7-14(13)18/h4-7,10H,8-9,11H2,1-3H3,(H,19,20). The van der Waals surface area contributed by atoms with Crippen molar-refractivity contribution in [3.05, 3.63) is 36.0 Å². The van der Waals surface area contributed by atoms with E-state index >= 15 is 0 Å². The smallest absolute Gasteiger partial charge is 0.326 e. The maximum absolute atomic E-state index is 12.0. The second kappa shape index (κ2) is 6.22. The van der Waals surface area contributed by atoms with Gasteiger partial charge in [0.25, 0.3) is 0 Å². The summed E-state index contributed by atoms with van der Waals surface area (Å²) in [5, 5.41) is 9.82. The van der Waals surface area contributed by atoms with Crippen LogP contribution in [0.15, 0.2) is 30.5 Å². The van der Waals surface area contributed by atoms with Crippen molar-refractivity contribution < 1.29 is 19.4 Å². The molecule has 0 bridgehead atoms. The topological polar surface area (TPSA) is 68.5 Å². The monoisotopic (exact) mass is 303 g/mol. The largest absolute Gasteiger partial charge is 0.481 e. The molecule has 1 aromatic carbocycles. The number of aryl methyl sites for hydroxylation is 1. The summed E-state index contributed by atoms with van der Waals surface area (Å²) < 4.78 is 7.16. The van der Waals surface area contributed by atoms with E-state index in [1.165, 1.54) is 0 Å². The van der Waals surface area contributed by atoms with Gasteiger partial charge in [0.05, 0.1) is 0 Å². The first-order chi connectivity index (χ1) is 10.3. The Morgan fingerprint density at radius 1 is 1.23 bits per heavy atom. The number of fused-ring (bicyclic) bond motifs is 1. The molecule has 0 aliphatic carbocycles. The molecule has 0 aliphatic rings. The van der Waals surface area contributed by atoms with Crippen LogP contribution in [0.5, 0.6) is 0 Å². The highest BCUT2D eigenvalue weighted by molar-refractivity contribution is 5.86. The van der Waals surface area contributed by atoms with E-state index in [-0.39, 0.29) is 18.9 Å². The van der Waals surface area contributed by atoms with Crippen molar-refractivity contribution in [1.82, 2.24) is 4.57 Å². The zero-order valence-electron chi connectivity index (χ0n) is 13.1. The fraction of sp³-hybridized carbons (Fsp3) is 0.412. The van der Waals surface area contributed by atoms with E-state index in [0.717, 1.165) is 16.5 Å². The Bertz CT molecular complexity index is 694. The molecule has 2 aromatic rings. The average molecular weight is 303 g/mol. The van der Waals surface area contributed by atoms with Gasteiger partial charge in [0.1, 0.15) is 12.1 Å². The van der Waals surface area contributed by atoms with Gasteiger partial charge in [0.15, 0.2) is 0 Å². The number of esters is 1. The van der Waals surface area contributed by atoms with E-state index in [1.807, 2.05) is 55.8 Å². The Labute approximate surface area is 129 Å². The molecule has 0 amide bonds. The highest BCUT2D eigenvalue weighted by atomic mass is 16.6. The van der Waals surface area contributed by atoms with Gasteiger partial charge in [-0.15, -0.1) is 0 Å². The lowest BCUT2D eigenvalue weighted by Gasteiger charge is -2.19. The maximum Gasteiger partial charge on any atom is 0.326 e. The molecular formula is C17H21NO4. The van der Waals surface area contributed by atoms with Crippen LogP contribution in [0.1, 0.15) is 32.8 Å². The lowest BCUT2D eigenvalue weighted by molar-refractivity contribution is -0.155. The van der Waals surface area contributed by atoms with Crippen molar-refractivity contribution in [2.75, 3.05) is 0 Å². The Balaban J connectivity index is 2.26. The normalized spacial score (nSPS) is 11.6. The predicted molar refractivity (Wildman–Crippen MR) is 83.7 cm³/mol. The number of ether oxygens (including phenoxy) is 1. The number of carboxylic acids is 1. The minimum absolute atomic E-state index is 0.0699. The maximum atomic E-state index is 12.0. The average Bonchev–Trinajstić information content (AvgIpc) is 2.73. The van der Waals surface area contributed by atoms with Crippen molar-refractivity contribution in [3.63, 3.8) is 0 Å². The number of carbonyl (C=O) groups is 2. The number of carbonyl (C=O) groups excluding carboxylic acids is 1. The first-order valence-electron chi connectivity index (χ1n) is 7.26. The molecule has 0 fully saturated rings. The van der Waals surface area contributed by atoms with Gasteiger partial charge in [-0.25, -0.2) is 0 Å². The second-order valence-electron chi connectivity index (χ2n) is 6.28. The Kier molecular flexibility index (Phi) is 4.54. The Morgan fingerprint density at radius 3 is 2.55 bits per heavy atom. The molecule has 22 heavy (non-hydrogen) atoms. The predicted octanol–water partition coefficient (Wildman–Crippen LogP) is 3.00. The van der Waals surface area contributed by atoms with Crippen LogP contribution in [0, 0.1) is 0 Å². The molecule has 5 heteroatoms.